The highest BCUT2D eigenvalue weighted by atomic mass is 19.4. The van der Waals surface area contributed by atoms with Gasteiger partial charge in [-0.3, -0.25) is 4.79 Å². The number of hydrogen-bond donors (Lipinski definition) is 2. The lowest BCUT2D eigenvalue weighted by molar-refractivity contribution is -0.183. The van der Waals surface area contributed by atoms with Gasteiger partial charge in [-0.25, -0.2) is 9.97 Å². The van der Waals surface area contributed by atoms with Crippen molar-refractivity contribution < 1.29 is 18.0 Å². The van der Waals surface area contributed by atoms with Gasteiger partial charge in [0.15, 0.2) is 11.5 Å². The van der Waals surface area contributed by atoms with Gasteiger partial charge in [-0.2, -0.15) is 13.2 Å². The van der Waals surface area contributed by atoms with Crippen molar-refractivity contribution in [1.29, 1.82) is 0 Å². The molecule has 3 N–H and O–H groups in total. The minimum atomic E-state index is -4.21. The molecule has 1 aliphatic rings. The van der Waals surface area contributed by atoms with Crippen LogP contribution in [-0.2, 0) is 0 Å². The lowest BCUT2D eigenvalue weighted by Crippen LogP contribution is -2.42. The van der Waals surface area contributed by atoms with E-state index in [4.69, 9.17) is 5.73 Å². The van der Waals surface area contributed by atoms with Crippen molar-refractivity contribution >= 4 is 11.7 Å². The molecule has 1 aromatic rings. The summed E-state index contributed by atoms with van der Waals surface area (Å²) in [6.07, 6.45) is -0.589. The summed E-state index contributed by atoms with van der Waals surface area (Å²) in [5, 5.41) is 2.56. The number of carbonyl (C=O) groups is 1. The third kappa shape index (κ3) is 3.37. The summed E-state index contributed by atoms with van der Waals surface area (Å²) < 4.78 is 38.1. The fourth-order valence-corrected chi connectivity index (χ4v) is 2.40. The molecule has 0 aromatic carbocycles. The zero-order valence-corrected chi connectivity index (χ0v) is 10.7. The van der Waals surface area contributed by atoms with Gasteiger partial charge in [0.2, 0.25) is 0 Å². The van der Waals surface area contributed by atoms with Crippen LogP contribution in [0.2, 0.25) is 0 Å². The van der Waals surface area contributed by atoms with Crippen LogP contribution in [0.3, 0.4) is 0 Å². The van der Waals surface area contributed by atoms with Crippen LogP contribution < -0.4 is 11.1 Å². The Kier molecular flexibility index (Phi) is 4.10. The molecule has 5 nitrogen and oxygen atoms in total. The summed E-state index contributed by atoms with van der Waals surface area (Å²) in [4.78, 5) is 19.4. The van der Waals surface area contributed by atoms with Gasteiger partial charge >= 0.3 is 6.18 Å². The molecule has 1 heterocycles. The number of nitrogen functional groups attached to an aromatic ring is 1. The van der Waals surface area contributed by atoms with Crippen LogP contribution in [-0.4, -0.2) is 28.1 Å². The minimum Gasteiger partial charge on any atom is -0.382 e. The first kappa shape index (κ1) is 14.5. The lowest BCUT2D eigenvalue weighted by Gasteiger charge is -2.30. The molecule has 8 heteroatoms. The number of alkyl halides is 3. The van der Waals surface area contributed by atoms with Crippen LogP contribution in [0.15, 0.2) is 12.4 Å². The monoisotopic (exact) mass is 288 g/mol. The van der Waals surface area contributed by atoms with E-state index in [-0.39, 0.29) is 24.4 Å². The molecule has 1 aliphatic carbocycles. The Morgan fingerprint density at radius 3 is 2.65 bits per heavy atom. The molecule has 1 saturated carbocycles. The van der Waals surface area contributed by atoms with Crippen LogP contribution in [0.25, 0.3) is 0 Å². The van der Waals surface area contributed by atoms with E-state index in [0.717, 1.165) is 0 Å². The predicted octanol–water partition coefficient (Wildman–Crippen LogP) is 1.91. The van der Waals surface area contributed by atoms with E-state index in [1.165, 1.54) is 12.4 Å². The molecule has 1 fully saturated rings. The van der Waals surface area contributed by atoms with E-state index in [1.54, 1.807) is 0 Å². The van der Waals surface area contributed by atoms with Crippen LogP contribution >= 0.6 is 0 Å². The molecule has 0 spiro atoms. The topological polar surface area (TPSA) is 80.9 Å². The molecule has 0 radical (unpaired) electrons. The highest BCUT2D eigenvalue weighted by Gasteiger charge is 2.42. The molecule has 0 unspecified atom stereocenters. The van der Waals surface area contributed by atoms with Crippen molar-refractivity contribution in [3.05, 3.63) is 18.1 Å². The van der Waals surface area contributed by atoms with Gasteiger partial charge in [0.25, 0.3) is 5.91 Å². The van der Waals surface area contributed by atoms with E-state index < -0.39 is 24.0 Å². The standard InChI is InChI=1S/C12H15F3N4O/c13-12(14,15)7-2-1-3-8(6-7)19-11(20)9-10(16)18-5-4-17-9/h4-5,7-8H,1-3,6H2,(H2,16,18)(H,19,20)/t7-,8-/m1/s1. The molecule has 0 saturated heterocycles. The van der Waals surface area contributed by atoms with Gasteiger partial charge < -0.3 is 11.1 Å². The van der Waals surface area contributed by atoms with Gasteiger partial charge in [0.1, 0.15) is 0 Å². The number of aromatic nitrogens is 2. The Morgan fingerprint density at radius 2 is 2.00 bits per heavy atom. The average molecular weight is 288 g/mol. The molecular formula is C12H15F3N4O. The molecule has 1 aromatic heterocycles. The number of amides is 1. The SMILES string of the molecule is Nc1nccnc1C(=O)N[C@@H]1CCC[C@@H](C(F)(F)F)C1. The highest BCUT2D eigenvalue weighted by Crippen LogP contribution is 2.37. The molecule has 1 amide bonds. The smallest absolute Gasteiger partial charge is 0.382 e. The van der Waals surface area contributed by atoms with E-state index >= 15 is 0 Å². The van der Waals surface area contributed by atoms with E-state index in [0.29, 0.717) is 12.8 Å². The summed E-state index contributed by atoms with van der Waals surface area (Å²) in [5.74, 6) is -1.97. The van der Waals surface area contributed by atoms with Crippen molar-refractivity contribution in [1.82, 2.24) is 15.3 Å². The first-order valence-electron chi connectivity index (χ1n) is 6.32. The number of nitrogens with one attached hydrogen (secondary N) is 1. The lowest BCUT2D eigenvalue weighted by atomic mass is 9.85. The second kappa shape index (κ2) is 5.64. The maximum atomic E-state index is 12.7. The summed E-state index contributed by atoms with van der Waals surface area (Å²) in [5.41, 5.74) is 5.45. The number of anilines is 1. The summed E-state index contributed by atoms with van der Waals surface area (Å²) >= 11 is 0. The van der Waals surface area contributed by atoms with E-state index in [9.17, 15) is 18.0 Å². The number of rotatable bonds is 2. The Balaban J connectivity index is 2.00. The average Bonchev–Trinajstić information content (AvgIpc) is 2.38. The zero-order valence-electron chi connectivity index (χ0n) is 10.7. The number of carbonyl (C=O) groups excluding carboxylic acids is 1. The number of nitrogens with two attached hydrogens (primary N) is 1. The van der Waals surface area contributed by atoms with Gasteiger partial charge in [0.05, 0.1) is 5.92 Å². The molecule has 2 rings (SSSR count). The fraction of sp³-hybridized carbons (Fsp3) is 0.583. The minimum absolute atomic E-state index is 0.0341. The summed E-state index contributed by atoms with van der Waals surface area (Å²) in [6.45, 7) is 0. The van der Waals surface area contributed by atoms with Gasteiger partial charge in [-0.15, -0.1) is 0 Å². The van der Waals surface area contributed by atoms with Crippen molar-refractivity contribution in [2.24, 2.45) is 5.92 Å². The van der Waals surface area contributed by atoms with Gasteiger partial charge in [-0.1, -0.05) is 6.42 Å². The number of halogens is 3. The number of hydrogen-bond acceptors (Lipinski definition) is 4. The quantitative estimate of drug-likeness (QED) is 0.871. The van der Waals surface area contributed by atoms with Crippen LogP contribution in [0, 0.1) is 5.92 Å². The van der Waals surface area contributed by atoms with E-state index in [1.807, 2.05) is 0 Å². The fourth-order valence-electron chi connectivity index (χ4n) is 2.40. The van der Waals surface area contributed by atoms with Crippen molar-refractivity contribution in [3.63, 3.8) is 0 Å². The molecule has 20 heavy (non-hydrogen) atoms. The Bertz CT molecular complexity index is 492. The van der Waals surface area contributed by atoms with Gasteiger partial charge in [0, 0.05) is 18.4 Å². The van der Waals surface area contributed by atoms with Crippen molar-refractivity contribution in [2.75, 3.05) is 5.73 Å². The van der Waals surface area contributed by atoms with Crippen molar-refractivity contribution in [2.45, 2.75) is 37.9 Å². The summed E-state index contributed by atoms with van der Waals surface area (Å²) in [7, 11) is 0. The maximum absolute atomic E-state index is 12.7. The molecule has 0 bridgehead atoms. The maximum Gasteiger partial charge on any atom is 0.391 e. The molecule has 110 valence electrons. The first-order valence-corrected chi connectivity index (χ1v) is 6.32. The largest absolute Gasteiger partial charge is 0.391 e. The highest BCUT2D eigenvalue weighted by molar-refractivity contribution is 5.96. The summed E-state index contributed by atoms with van der Waals surface area (Å²) in [6, 6.07) is -0.510. The van der Waals surface area contributed by atoms with Gasteiger partial charge in [-0.05, 0) is 19.3 Å². The van der Waals surface area contributed by atoms with E-state index in [2.05, 4.69) is 15.3 Å². The number of nitrogens with zero attached hydrogens (tertiary/aromatic N) is 2. The Hall–Kier alpha value is -1.86. The van der Waals surface area contributed by atoms with Crippen molar-refractivity contribution in [3.8, 4) is 0 Å². The zero-order chi connectivity index (χ0) is 14.8. The third-order valence-electron chi connectivity index (χ3n) is 3.41. The third-order valence-corrected chi connectivity index (χ3v) is 3.41. The Labute approximate surface area is 113 Å². The van der Waals surface area contributed by atoms with Crippen LogP contribution in [0.5, 0.6) is 0 Å². The predicted molar refractivity (Wildman–Crippen MR) is 65.7 cm³/mol. The first-order chi connectivity index (χ1) is 9.38. The van der Waals surface area contributed by atoms with Crippen LogP contribution in [0.1, 0.15) is 36.2 Å². The normalized spacial score (nSPS) is 23.4. The Morgan fingerprint density at radius 1 is 1.30 bits per heavy atom. The molecular weight excluding hydrogens is 273 g/mol. The van der Waals surface area contributed by atoms with Crippen LogP contribution in [0.4, 0.5) is 19.0 Å². The second-order valence-electron chi connectivity index (χ2n) is 4.87. The second-order valence-corrected chi connectivity index (χ2v) is 4.87. The molecule has 2 atom stereocenters. The molecule has 0 aliphatic heterocycles.